The Morgan fingerprint density at radius 2 is 1.76 bits per heavy atom. The maximum absolute atomic E-state index is 13.0. The summed E-state index contributed by atoms with van der Waals surface area (Å²) < 4.78 is 6.32. The summed E-state index contributed by atoms with van der Waals surface area (Å²) in [5.74, 6) is 0.0996. The van der Waals surface area contributed by atoms with Crippen molar-refractivity contribution in [3.8, 4) is 0 Å². The topological polar surface area (TPSA) is 82.1 Å². The Labute approximate surface area is 178 Å². The van der Waals surface area contributed by atoms with Gasteiger partial charge >= 0.3 is 6.09 Å². The lowest BCUT2D eigenvalue weighted by Gasteiger charge is -2.46. The van der Waals surface area contributed by atoms with Gasteiger partial charge in [-0.3, -0.25) is 4.79 Å². The second-order valence-corrected chi connectivity index (χ2v) is 15.6. The molecule has 2 amide bonds. The molecule has 1 aliphatic heterocycles. The van der Waals surface area contributed by atoms with Gasteiger partial charge in [0.2, 0.25) is 5.91 Å². The highest BCUT2D eigenvalue weighted by Crippen LogP contribution is 2.36. The Hall–Kier alpha value is -1.12. The molecular formula is C21H43N3O4Si. The Balaban J connectivity index is 2.69. The fourth-order valence-corrected chi connectivity index (χ4v) is 4.33. The average molecular weight is 430 g/mol. The lowest BCUT2D eigenvalue weighted by Crippen LogP contribution is -2.60. The molecule has 2 unspecified atom stereocenters. The number of carboxylic acid groups (broad SMARTS) is 1. The predicted octanol–water partition coefficient (Wildman–Crippen LogP) is 3.61. The molecule has 1 rings (SSSR count). The first-order chi connectivity index (χ1) is 13.1. The van der Waals surface area contributed by atoms with Gasteiger partial charge in [0.1, 0.15) is 0 Å². The maximum atomic E-state index is 13.0. The molecule has 2 N–H and O–H groups in total. The SMILES string of the molecule is CNC(CCC(=O)N1CCN(C(=O)O)CC1C(C)(C)C)CO[Si](C)(C)C(C)(C)C. The summed E-state index contributed by atoms with van der Waals surface area (Å²) in [6.07, 6.45) is 0.232. The van der Waals surface area contributed by atoms with Crippen LogP contribution >= 0.6 is 0 Å². The van der Waals surface area contributed by atoms with Crippen LogP contribution in [-0.2, 0) is 9.22 Å². The summed E-state index contributed by atoms with van der Waals surface area (Å²) in [5, 5.41) is 12.8. The summed E-state index contributed by atoms with van der Waals surface area (Å²) in [6.45, 7) is 19.1. The van der Waals surface area contributed by atoms with Crippen molar-refractivity contribution in [2.24, 2.45) is 5.41 Å². The molecule has 1 fully saturated rings. The molecule has 0 spiro atoms. The van der Waals surface area contributed by atoms with Gasteiger partial charge in [0.15, 0.2) is 8.32 Å². The number of carbonyl (C=O) groups excluding carboxylic acids is 1. The van der Waals surface area contributed by atoms with Crippen molar-refractivity contribution in [3.05, 3.63) is 0 Å². The third-order valence-electron chi connectivity index (χ3n) is 6.54. The van der Waals surface area contributed by atoms with Gasteiger partial charge < -0.3 is 24.6 Å². The van der Waals surface area contributed by atoms with E-state index in [4.69, 9.17) is 4.43 Å². The molecule has 0 aromatic heterocycles. The Morgan fingerprint density at radius 3 is 2.21 bits per heavy atom. The highest BCUT2D eigenvalue weighted by atomic mass is 28.4. The molecule has 29 heavy (non-hydrogen) atoms. The van der Waals surface area contributed by atoms with Crippen molar-refractivity contribution >= 4 is 20.3 Å². The van der Waals surface area contributed by atoms with Gasteiger partial charge in [-0.1, -0.05) is 41.5 Å². The third-order valence-corrected chi connectivity index (χ3v) is 11.0. The maximum Gasteiger partial charge on any atom is 0.407 e. The highest BCUT2D eigenvalue weighted by Gasteiger charge is 2.40. The number of carbonyl (C=O) groups is 2. The van der Waals surface area contributed by atoms with E-state index in [9.17, 15) is 14.7 Å². The Bertz CT molecular complexity index is 569. The normalized spacial score (nSPS) is 20.0. The zero-order valence-electron chi connectivity index (χ0n) is 20.0. The van der Waals surface area contributed by atoms with Crippen LogP contribution in [0.25, 0.3) is 0 Å². The number of hydrogen-bond acceptors (Lipinski definition) is 4. The quantitative estimate of drug-likeness (QED) is 0.604. The van der Waals surface area contributed by atoms with Crippen molar-refractivity contribution in [1.29, 1.82) is 0 Å². The first-order valence-corrected chi connectivity index (χ1v) is 13.6. The van der Waals surface area contributed by atoms with Crippen LogP contribution in [0.2, 0.25) is 18.1 Å². The number of piperazine rings is 1. The van der Waals surface area contributed by atoms with Crippen LogP contribution in [0.5, 0.6) is 0 Å². The number of nitrogens with zero attached hydrogens (tertiary/aromatic N) is 2. The lowest BCUT2D eigenvalue weighted by molar-refractivity contribution is -0.139. The molecule has 0 saturated carbocycles. The fraction of sp³-hybridized carbons (Fsp3) is 0.905. The molecular weight excluding hydrogens is 386 g/mol. The molecule has 0 aromatic carbocycles. The zero-order chi connectivity index (χ0) is 22.6. The van der Waals surface area contributed by atoms with Gasteiger partial charge in [-0.05, 0) is 37.0 Å². The molecule has 2 atom stereocenters. The molecule has 170 valence electrons. The molecule has 0 bridgehead atoms. The van der Waals surface area contributed by atoms with Gasteiger partial charge in [0.25, 0.3) is 0 Å². The predicted molar refractivity (Wildman–Crippen MR) is 120 cm³/mol. The molecule has 0 aromatic rings. The van der Waals surface area contributed by atoms with Crippen LogP contribution in [0.15, 0.2) is 0 Å². The molecule has 0 radical (unpaired) electrons. The standard InChI is InChI=1S/C21H43N3O4Si/c1-20(2,3)17-14-23(19(26)27)12-13-24(17)18(25)11-10-16(22-7)15-28-29(8,9)21(4,5)6/h16-17,22H,10-15H2,1-9H3,(H,26,27). The fourth-order valence-electron chi connectivity index (χ4n) is 3.27. The Morgan fingerprint density at radius 1 is 1.17 bits per heavy atom. The van der Waals surface area contributed by atoms with Crippen LogP contribution in [0, 0.1) is 5.41 Å². The first-order valence-electron chi connectivity index (χ1n) is 10.7. The van der Waals surface area contributed by atoms with E-state index in [0.717, 1.165) is 0 Å². The van der Waals surface area contributed by atoms with E-state index in [1.807, 2.05) is 11.9 Å². The minimum Gasteiger partial charge on any atom is -0.465 e. The summed E-state index contributed by atoms with van der Waals surface area (Å²) in [6, 6.07) is 0.0119. The number of hydrogen-bond donors (Lipinski definition) is 2. The average Bonchev–Trinajstić information content (AvgIpc) is 2.59. The van der Waals surface area contributed by atoms with Gasteiger partial charge in [0, 0.05) is 38.7 Å². The van der Waals surface area contributed by atoms with Crippen LogP contribution in [0.3, 0.4) is 0 Å². The summed E-state index contributed by atoms with van der Waals surface area (Å²) >= 11 is 0. The third kappa shape index (κ3) is 7.26. The van der Waals surface area contributed by atoms with Crippen molar-refractivity contribution < 1.29 is 19.1 Å². The van der Waals surface area contributed by atoms with E-state index in [2.05, 4.69) is 60.0 Å². The van der Waals surface area contributed by atoms with E-state index in [1.54, 1.807) is 0 Å². The van der Waals surface area contributed by atoms with Crippen LogP contribution in [0.4, 0.5) is 4.79 Å². The summed E-state index contributed by atoms with van der Waals surface area (Å²) in [7, 11) is 0.0873. The van der Waals surface area contributed by atoms with Gasteiger partial charge in [-0.25, -0.2) is 4.79 Å². The number of likely N-dealkylation sites (N-methyl/N-ethyl adjacent to an activating group) is 1. The number of amides is 2. The second-order valence-electron chi connectivity index (χ2n) is 10.8. The van der Waals surface area contributed by atoms with Gasteiger partial charge in [0.05, 0.1) is 6.04 Å². The lowest BCUT2D eigenvalue weighted by atomic mass is 9.84. The van der Waals surface area contributed by atoms with E-state index < -0.39 is 14.4 Å². The van der Waals surface area contributed by atoms with Crippen molar-refractivity contribution in [2.45, 2.75) is 84.6 Å². The second kappa shape index (κ2) is 9.79. The summed E-state index contributed by atoms with van der Waals surface area (Å²) in [5.41, 5.74) is -0.183. The molecule has 0 aliphatic carbocycles. The molecule has 1 aliphatic rings. The molecule has 1 heterocycles. The molecule has 1 saturated heterocycles. The van der Waals surface area contributed by atoms with Gasteiger partial charge in [-0.2, -0.15) is 0 Å². The smallest absolute Gasteiger partial charge is 0.407 e. The van der Waals surface area contributed by atoms with Gasteiger partial charge in [-0.15, -0.1) is 0 Å². The summed E-state index contributed by atoms with van der Waals surface area (Å²) in [4.78, 5) is 27.7. The van der Waals surface area contributed by atoms with Crippen molar-refractivity contribution in [3.63, 3.8) is 0 Å². The van der Waals surface area contributed by atoms with Crippen molar-refractivity contribution in [1.82, 2.24) is 15.1 Å². The molecule has 7 nitrogen and oxygen atoms in total. The largest absolute Gasteiger partial charge is 0.465 e. The van der Waals surface area contributed by atoms with Crippen molar-refractivity contribution in [2.75, 3.05) is 33.3 Å². The van der Waals surface area contributed by atoms with E-state index >= 15 is 0 Å². The van der Waals surface area contributed by atoms with Crippen LogP contribution in [0.1, 0.15) is 54.4 Å². The Kier molecular flexibility index (Phi) is 8.75. The minimum absolute atomic E-state index is 0.0996. The van der Waals surface area contributed by atoms with E-state index in [-0.39, 0.29) is 28.4 Å². The molecule has 8 heteroatoms. The monoisotopic (exact) mass is 429 g/mol. The van der Waals surface area contributed by atoms with Crippen LogP contribution < -0.4 is 5.32 Å². The highest BCUT2D eigenvalue weighted by molar-refractivity contribution is 6.74. The van der Waals surface area contributed by atoms with Crippen LogP contribution in [-0.4, -0.2) is 80.6 Å². The van der Waals surface area contributed by atoms with E-state index in [1.165, 1.54) is 4.90 Å². The number of nitrogens with one attached hydrogen (secondary N) is 1. The first kappa shape index (κ1) is 25.9. The van der Waals surface area contributed by atoms with E-state index in [0.29, 0.717) is 39.1 Å². The zero-order valence-corrected chi connectivity index (χ0v) is 21.0. The minimum atomic E-state index is -1.82. The number of rotatable bonds is 7.